The third-order valence-electron chi connectivity index (χ3n) is 4.24. The van der Waals surface area contributed by atoms with Crippen molar-refractivity contribution in [1.82, 2.24) is 24.5 Å². The number of aryl methyl sites for hydroxylation is 1. The SMILES string of the molecule is N#Cc1cnn(-c2nn3c(c2Br)CCCC3)c1/C=C/c1ccccn1. The van der Waals surface area contributed by atoms with Gasteiger partial charge in [-0.2, -0.15) is 15.5 Å². The van der Waals surface area contributed by atoms with Crippen LogP contribution >= 0.6 is 15.9 Å². The first kappa shape index (κ1) is 15.8. The van der Waals surface area contributed by atoms with Gasteiger partial charge in [0.1, 0.15) is 6.07 Å². The molecule has 0 saturated carbocycles. The largest absolute Gasteiger partial charge is 0.266 e. The van der Waals surface area contributed by atoms with Crippen molar-refractivity contribution >= 4 is 28.1 Å². The normalized spacial score (nSPS) is 13.8. The smallest absolute Gasteiger partial charge is 0.190 e. The summed E-state index contributed by atoms with van der Waals surface area (Å²) in [6.45, 7) is 0.916. The van der Waals surface area contributed by atoms with E-state index in [9.17, 15) is 5.26 Å². The number of rotatable bonds is 3. The molecule has 0 amide bonds. The molecule has 0 aromatic carbocycles. The van der Waals surface area contributed by atoms with Gasteiger partial charge in [-0.25, -0.2) is 4.68 Å². The first-order chi connectivity index (χ1) is 12.3. The Hall–Kier alpha value is -2.72. The third-order valence-corrected chi connectivity index (χ3v) is 5.05. The molecule has 0 bridgehead atoms. The lowest BCUT2D eigenvalue weighted by molar-refractivity contribution is 0.483. The van der Waals surface area contributed by atoms with E-state index < -0.39 is 0 Å². The highest BCUT2D eigenvalue weighted by Gasteiger charge is 2.22. The van der Waals surface area contributed by atoms with Gasteiger partial charge < -0.3 is 0 Å². The van der Waals surface area contributed by atoms with E-state index >= 15 is 0 Å². The molecule has 4 rings (SSSR count). The molecule has 0 radical (unpaired) electrons. The van der Waals surface area contributed by atoms with Crippen LogP contribution in [0, 0.1) is 11.3 Å². The monoisotopic (exact) mass is 394 g/mol. The number of nitrogens with zero attached hydrogens (tertiary/aromatic N) is 6. The van der Waals surface area contributed by atoms with Crippen molar-refractivity contribution in [2.24, 2.45) is 0 Å². The number of hydrogen-bond acceptors (Lipinski definition) is 4. The minimum atomic E-state index is 0.505. The number of aromatic nitrogens is 5. The van der Waals surface area contributed by atoms with Gasteiger partial charge in [0.15, 0.2) is 5.82 Å². The average molecular weight is 395 g/mol. The molecule has 3 aromatic rings. The van der Waals surface area contributed by atoms with Crippen LogP contribution in [0.1, 0.15) is 35.5 Å². The average Bonchev–Trinajstić information content (AvgIpc) is 3.21. The zero-order valence-electron chi connectivity index (χ0n) is 13.4. The van der Waals surface area contributed by atoms with Crippen LogP contribution in [0.5, 0.6) is 0 Å². The van der Waals surface area contributed by atoms with Crippen LogP contribution in [-0.2, 0) is 13.0 Å². The number of nitriles is 1. The molecule has 0 N–H and O–H groups in total. The van der Waals surface area contributed by atoms with Crippen molar-refractivity contribution in [3.05, 3.63) is 57.7 Å². The van der Waals surface area contributed by atoms with Gasteiger partial charge in [0.25, 0.3) is 0 Å². The Bertz CT molecular complexity index is 977. The first-order valence-electron chi connectivity index (χ1n) is 8.10. The number of hydrogen-bond donors (Lipinski definition) is 0. The fraction of sp³-hybridized carbons (Fsp3) is 0.222. The van der Waals surface area contributed by atoms with Crippen LogP contribution < -0.4 is 0 Å². The quantitative estimate of drug-likeness (QED) is 0.679. The summed E-state index contributed by atoms with van der Waals surface area (Å²) in [6.07, 6.45) is 10.3. The fourth-order valence-electron chi connectivity index (χ4n) is 2.99. The van der Waals surface area contributed by atoms with Gasteiger partial charge in [0.2, 0.25) is 0 Å². The van der Waals surface area contributed by atoms with Gasteiger partial charge in [-0.05, 0) is 59.5 Å². The summed E-state index contributed by atoms with van der Waals surface area (Å²) in [5.74, 6) is 0.721. The van der Waals surface area contributed by atoms with Crippen LogP contribution in [0.25, 0.3) is 18.0 Å². The zero-order chi connectivity index (χ0) is 17.2. The molecule has 1 aliphatic heterocycles. The maximum atomic E-state index is 9.42. The summed E-state index contributed by atoms with van der Waals surface area (Å²) in [5, 5.41) is 18.5. The highest BCUT2D eigenvalue weighted by molar-refractivity contribution is 9.10. The summed E-state index contributed by atoms with van der Waals surface area (Å²) in [6, 6.07) is 7.91. The van der Waals surface area contributed by atoms with E-state index in [0.29, 0.717) is 11.3 Å². The molecule has 0 saturated heterocycles. The third kappa shape index (κ3) is 2.89. The second kappa shape index (κ2) is 6.65. The lowest BCUT2D eigenvalue weighted by atomic mass is 10.1. The minimum absolute atomic E-state index is 0.505. The van der Waals surface area contributed by atoms with Crippen molar-refractivity contribution in [3.63, 3.8) is 0 Å². The molecule has 0 spiro atoms. The van der Waals surface area contributed by atoms with E-state index in [1.165, 1.54) is 12.1 Å². The first-order valence-corrected chi connectivity index (χ1v) is 8.90. The summed E-state index contributed by atoms with van der Waals surface area (Å²) in [5.41, 5.74) is 3.21. The molecule has 0 atom stereocenters. The van der Waals surface area contributed by atoms with Crippen LogP contribution in [0.4, 0.5) is 0 Å². The molecule has 7 heteroatoms. The zero-order valence-corrected chi connectivity index (χ0v) is 15.0. The van der Waals surface area contributed by atoms with Crippen molar-refractivity contribution in [2.45, 2.75) is 25.8 Å². The fourth-order valence-corrected chi connectivity index (χ4v) is 3.64. The van der Waals surface area contributed by atoms with Crippen molar-refractivity contribution in [3.8, 4) is 11.9 Å². The van der Waals surface area contributed by atoms with Gasteiger partial charge >= 0.3 is 0 Å². The van der Waals surface area contributed by atoms with Crippen molar-refractivity contribution in [1.29, 1.82) is 5.26 Å². The minimum Gasteiger partial charge on any atom is -0.266 e. The maximum Gasteiger partial charge on any atom is 0.190 e. The van der Waals surface area contributed by atoms with Crippen LogP contribution in [0.15, 0.2) is 35.1 Å². The lowest BCUT2D eigenvalue weighted by Crippen LogP contribution is -2.11. The highest BCUT2D eigenvalue weighted by Crippen LogP contribution is 2.30. The summed E-state index contributed by atoms with van der Waals surface area (Å²) < 4.78 is 4.70. The molecule has 25 heavy (non-hydrogen) atoms. The molecular formula is C18H15BrN6. The summed E-state index contributed by atoms with van der Waals surface area (Å²) in [7, 11) is 0. The second-order valence-electron chi connectivity index (χ2n) is 5.82. The van der Waals surface area contributed by atoms with Gasteiger partial charge in [-0.1, -0.05) is 6.07 Å². The van der Waals surface area contributed by atoms with Crippen LogP contribution in [0.2, 0.25) is 0 Å². The van der Waals surface area contributed by atoms with Crippen LogP contribution in [-0.4, -0.2) is 24.5 Å². The lowest BCUT2D eigenvalue weighted by Gasteiger charge is -2.12. The van der Waals surface area contributed by atoms with Gasteiger partial charge in [0, 0.05) is 12.7 Å². The van der Waals surface area contributed by atoms with Crippen molar-refractivity contribution < 1.29 is 0 Å². The molecule has 3 aromatic heterocycles. The Morgan fingerprint density at radius 3 is 2.92 bits per heavy atom. The van der Waals surface area contributed by atoms with E-state index in [0.717, 1.165) is 35.4 Å². The van der Waals surface area contributed by atoms with Crippen LogP contribution in [0.3, 0.4) is 0 Å². The molecule has 4 heterocycles. The van der Waals surface area contributed by atoms with Gasteiger partial charge in [0.05, 0.1) is 33.3 Å². The Balaban J connectivity index is 1.79. The molecular weight excluding hydrogens is 380 g/mol. The molecule has 6 nitrogen and oxygen atoms in total. The highest BCUT2D eigenvalue weighted by atomic mass is 79.9. The predicted octanol–water partition coefficient (Wildman–Crippen LogP) is 3.60. The molecule has 0 aliphatic carbocycles. The number of fused-ring (bicyclic) bond motifs is 1. The Labute approximate surface area is 153 Å². The topological polar surface area (TPSA) is 72.3 Å². The molecule has 1 aliphatic rings. The second-order valence-corrected chi connectivity index (χ2v) is 6.61. The van der Waals surface area contributed by atoms with E-state index in [1.54, 1.807) is 17.1 Å². The van der Waals surface area contributed by atoms with E-state index in [4.69, 9.17) is 5.10 Å². The van der Waals surface area contributed by atoms with Gasteiger partial charge in [-0.3, -0.25) is 9.67 Å². The molecule has 0 unspecified atom stereocenters. The Morgan fingerprint density at radius 2 is 2.16 bits per heavy atom. The van der Waals surface area contributed by atoms with Gasteiger partial charge in [-0.15, -0.1) is 0 Å². The Morgan fingerprint density at radius 1 is 1.24 bits per heavy atom. The predicted molar refractivity (Wildman–Crippen MR) is 97.9 cm³/mol. The molecule has 124 valence electrons. The number of pyridine rings is 1. The molecule has 0 fully saturated rings. The van der Waals surface area contributed by atoms with E-state index in [-0.39, 0.29) is 0 Å². The standard InChI is InChI=1S/C18H15BrN6/c19-17-16-6-2-4-10-24(16)23-18(17)25-15(13(11-20)12-22-25)8-7-14-5-1-3-9-21-14/h1,3,5,7-9,12H,2,4,6,10H2/b8-7+. The Kier molecular flexibility index (Phi) is 4.20. The summed E-state index contributed by atoms with van der Waals surface area (Å²) in [4.78, 5) is 4.28. The maximum absolute atomic E-state index is 9.42. The van der Waals surface area contributed by atoms with E-state index in [2.05, 4.69) is 32.1 Å². The van der Waals surface area contributed by atoms with Crippen molar-refractivity contribution in [2.75, 3.05) is 0 Å². The van der Waals surface area contributed by atoms with E-state index in [1.807, 2.05) is 35.0 Å². The summed E-state index contributed by atoms with van der Waals surface area (Å²) >= 11 is 3.67. The number of halogens is 1.